The monoisotopic (exact) mass is 471 g/mol. The van der Waals surface area contributed by atoms with Crippen molar-refractivity contribution in [2.45, 2.75) is 45.6 Å². The van der Waals surface area contributed by atoms with Crippen LogP contribution in [0.5, 0.6) is 11.5 Å². The summed E-state index contributed by atoms with van der Waals surface area (Å²) in [6, 6.07) is 5.48. The second-order valence-electron chi connectivity index (χ2n) is 7.87. The highest BCUT2D eigenvalue weighted by Crippen LogP contribution is 2.42. The van der Waals surface area contributed by atoms with Gasteiger partial charge in [-0.25, -0.2) is 23.0 Å². The minimum atomic E-state index is -0.907. The third-order valence-corrected chi connectivity index (χ3v) is 4.91. The van der Waals surface area contributed by atoms with Gasteiger partial charge in [0.1, 0.15) is 5.60 Å². The van der Waals surface area contributed by atoms with Crippen molar-refractivity contribution in [3.8, 4) is 11.5 Å². The van der Waals surface area contributed by atoms with Crippen LogP contribution in [0.4, 0.5) is 14.4 Å². The molecule has 32 heavy (non-hydrogen) atoms. The van der Waals surface area contributed by atoms with Crippen LogP contribution in [0, 0.1) is 0 Å². The molecule has 0 radical (unpaired) electrons. The molecule has 1 aromatic carbocycles. The summed E-state index contributed by atoms with van der Waals surface area (Å²) in [5.74, 6) is 0.968. The number of hydrogen-bond donors (Lipinski definition) is 1. The summed E-state index contributed by atoms with van der Waals surface area (Å²) < 4.78 is 18.9. The fourth-order valence-electron chi connectivity index (χ4n) is 2.47. The molecule has 1 aliphatic rings. The Morgan fingerprint density at radius 1 is 1.12 bits per heavy atom. The summed E-state index contributed by atoms with van der Waals surface area (Å²) in [6.45, 7) is 6.35. The lowest BCUT2D eigenvalue weighted by atomic mass is 10.0. The Morgan fingerprint density at radius 2 is 1.72 bits per heavy atom. The van der Waals surface area contributed by atoms with E-state index in [1.54, 1.807) is 6.07 Å². The molecule has 1 aliphatic heterocycles. The lowest BCUT2D eigenvalue weighted by Gasteiger charge is -2.22. The van der Waals surface area contributed by atoms with Crippen LogP contribution in [-0.2, 0) is 11.2 Å². The average Bonchev–Trinajstić information content (AvgIpc) is 3.03. The smallest absolute Gasteiger partial charge is 0.426 e. The van der Waals surface area contributed by atoms with Crippen LogP contribution in [0.15, 0.2) is 18.2 Å². The minimum Gasteiger partial charge on any atom is -0.483 e. The molecular weight excluding hydrogens is 438 g/mol. The molecule has 1 N–H and O–H groups in total. The van der Waals surface area contributed by atoms with Crippen molar-refractivity contribution in [3.05, 3.63) is 23.8 Å². The molecule has 0 spiro atoms. The second-order valence-corrected chi connectivity index (χ2v) is 9.13. The molecule has 1 heterocycles. The number of rotatable bonds is 6. The van der Waals surface area contributed by atoms with Gasteiger partial charge in [-0.15, -0.1) is 0 Å². The maximum absolute atomic E-state index is 12.3. The second kappa shape index (κ2) is 12.3. The highest BCUT2D eigenvalue weighted by molar-refractivity contribution is 7.95. The summed E-state index contributed by atoms with van der Waals surface area (Å²) in [7, 11) is 6.01. The van der Waals surface area contributed by atoms with Gasteiger partial charge in [0.15, 0.2) is 11.5 Å². The lowest BCUT2D eigenvalue weighted by Crippen LogP contribution is -2.31. The average molecular weight is 472 g/mol. The van der Waals surface area contributed by atoms with E-state index in [0.717, 1.165) is 41.9 Å². The molecule has 1 aromatic rings. The van der Waals surface area contributed by atoms with Crippen molar-refractivity contribution in [2.75, 3.05) is 34.8 Å². The Labute approximate surface area is 193 Å². The molecule has 2 rings (SSSR count). The Morgan fingerprint density at radius 3 is 2.28 bits per heavy atom. The van der Waals surface area contributed by atoms with Gasteiger partial charge >= 0.3 is 18.3 Å². The van der Waals surface area contributed by atoms with E-state index in [1.807, 2.05) is 32.9 Å². The quantitative estimate of drug-likeness (QED) is 0.478. The first-order valence-electron chi connectivity index (χ1n) is 10.1. The highest BCUT2D eigenvalue weighted by Gasteiger charge is 2.33. The molecule has 0 saturated carbocycles. The molecule has 3 amide bonds. The molecule has 0 atom stereocenters. The first-order chi connectivity index (χ1) is 14.9. The SMILES string of the molecule is CCCCOC(=O)N(C)SN(C)C(=O)Oc1cccc2c1OC(C)(C)C2.CN(C)C(=O)O. The fraction of sp³-hybridized carbons (Fsp3) is 0.571. The Kier molecular flexibility index (Phi) is 10.4. The Balaban J connectivity index is 0.000000751. The zero-order valence-electron chi connectivity index (χ0n) is 19.7. The number of nitrogens with zero attached hydrogens (tertiary/aromatic N) is 3. The summed E-state index contributed by atoms with van der Waals surface area (Å²) in [5.41, 5.74) is 0.681. The molecule has 0 aromatic heterocycles. The van der Waals surface area contributed by atoms with Gasteiger partial charge < -0.3 is 24.2 Å². The first kappa shape index (κ1) is 27.2. The summed E-state index contributed by atoms with van der Waals surface area (Å²) in [6.07, 6.45) is 0.479. The number of para-hydroxylation sites is 1. The molecule has 0 aliphatic carbocycles. The molecule has 0 fully saturated rings. The number of unbranched alkanes of at least 4 members (excludes halogenated alkanes) is 1. The molecule has 10 nitrogen and oxygen atoms in total. The fourth-order valence-corrected chi connectivity index (χ4v) is 3.06. The van der Waals surface area contributed by atoms with Gasteiger partial charge in [0.05, 0.1) is 18.7 Å². The van der Waals surface area contributed by atoms with E-state index in [1.165, 1.54) is 36.8 Å². The van der Waals surface area contributed by atoms with Crippen LogP contribution in [0.2, 0.25) is 0 Å². The van der Waals surface area contributed by atoms with Gasteiger partial charge in [-0.3, -0.25) is 0 Å². The number of amides is 3. The number of carbonyl (C=O) groups is 3. The van der Waals surface area contributed by atoms with E-state index < -0.39 is 18.3 Å². The van der Waals surface area contributed by atoms with Crippen LogP contribution in [0.3, 0.4) is 0 Å². The molecule has 0 unspecified atom stereocenters. The van der Waals surface area contributed by atoms with Crippen LogP contribution in [-0.4, -0.2) is 77.3 Å². The van der Waals surface area contributed by atoms with Crippen molar-refractivity contribution in [1.82, 2.24) is 13.5 Å². The predicted molar refractivity (Wildman–Crippen MR) is 122 cm³/mol. The number of hydrogen-bond acceptors (Lipinski definition) is 7. The maximum atomic E-state index is 12.3. The summed E-state index contributed by atoms with van der Waals surface area (Å²) in [5, 5.41) is 7.92. The van der Waals surface area contributed by atoms with Crippen molar-refractivity contribution in [1.29, 1.82) is 0 Å². The molecule has 0 bridgehead atoms. The van der Waals surface area contributed by atoms with Crippen LogP contribution in [0.1, 0.15) is 39.2 Å². The number of fused-ring (bicyclic) bond motifs is 1. The Hall–Kier alpha value is -2.82. The van der Waals surface area contributed by atoms with E-state index >= 15 is 0 Å². The standard InChI is InChI=1S/C18H26N2O5S.C3H7NO2/c1-6-7-11-23-16(21)19(4)26-20(5)17(22)24-14-10-8-9-13-12-18(2,3)25-15(13)14;1-4(2)3(5)6/h8-10H,6-7,11-12H2,1-5H3;1-2H3,(H,5,6). The molecule has 11 heteroatoms. The number of carbonyl (C=O) groups excluding carboxylic acids is 2. The first-order valence-corrected chi connectivity index (χ1v) is 10.9. The largest absolute Gasteiger partial charge is 0.483 e. The predicted octanol–water partition coefficient (Wildman–Crippen LogP) is 4.49. The van der Waals surface area contributed by atoms with Crippen molar-refractivity contribution in [3.63, 3.8) is 0 Å². The zero-order chi connectivity index (χ0) is 24.5. The summed E-state index contributed by atoms with van der Waals surface area (Å²) in [4.78, 5) is 34.9. The minimum absolute atomic E-state index is 0.325. The van der Waals surface area contributed by atoms with Gasteiger partial charge in [0.2, 0.25) is 0 Å². The van der Waals surface area contributed by atoms with Crippen molar-refractivity contribution in [2.24, 2.45) is 0 Å². The van der Waals surface area contributed by atoms with E-state index in [9.17, 15) is 14.4 Å². The zero-order valence-corrected chi connectivity index (χ0v) is 20.5. The number of benzene rings is 1. The third kappa shape index (κ3) is 8.74. The van der Waals surface area contributed by atoms with Crippen molar-refractivity contribution >= 4 is 30.4 Å². The molecular formula is C21H33N3O7S. The molecule has 0 saturated heterocycles. The van der Waals surface area contributed by atoms with E-state index in [-0.39, 0.29) is 5.60 Å². The topological polar surface area (TPSA) is 109 Å². The van der Waals surface area contributed by atoms with Crippen LogP contribution in [0.25, 0.3) is 0 Å². The van der Waals surface area contributed by atoms with E-state index in [0.29, 0.717) is 18.1 Å². The molecule has 180 valence electrons. The van der Waals surface area contributed by atoms with Gasteiger partial charge in [-0.05, 0) is 26.3 Å². The van der Waals surface area contributed by atoms with Gasteiger partial charge in [-0.1, -0.05) is 25.5 Å². The van der Waals surface area contributed by atoms with E-state index in [2.05, 4.69) is 0 Å². The number of carboxylic acid groups (broad SMARTS) is 1. The normalized spacial score (nSPS) is 13.0. The highest BCUT2D eigenvalue weighted by atomic mass is 32.2. The van der Waals surface area contributed by atoms with Gasteiger partial charge in [0.25, 0.3) is 0 Å². The summed E-state index contributed by atoms with van der Waals surface area (Å²) >= 11 is 0.903. The van der Waals surface area contributed by atoms with Crippen molar-refractivity contribution < 1.29 is 33.7 Å². The maximum Gasteiger partial charge on any atom is 0.426 e. The third-order valence-electron chi connectivity index (χ3n) is 4.12. The van der Waals surface area contributed by atoms with E-state index in [4.69, 9.17) is 19.3 Å². The van der Waals surface area contributed by atoms with Gasteiger partial charge in [-0.2, -0.15) is 0 Å². The Bertz CT molecular complexity index is 802. The lowest BCUT2D eigenvalue weighted by molar-refractivity contribution is 0.129. The van der Waals surface area contributed by atoms with Gasteiger partial charge in [0, 0.05) is 40.2 Å². The number of ether oxygens (including phenoxy) is 3. The van der Waals surface area contributed by atoms with Crippen LogP contribution >= 0.6 is 12.1 Å². The van der Waals surface area contributed by atoms with Crippen LogP contribution < -0.4 is 9.47 Å².